The van der Waals surface area contributed by atoms with Crippen molar-refractivity contribution in [2.45, 2.75) is 38.6 Å². The highest BCUT2D eigenvalue weighted by Gasteiger charge is 2.51. The SMILES string of the molecule is Cc1ccc2c(N3CCC4(CC3)NC(=O)C[C@@H]4C(=O)O)ccnc2c1C. The van der Waals surface area contributed by atoms with Crippen molar-refractivity contribution in [1.29, 1.82) is 0 Å². The number of nitrogens with one attached hydrogen (secondary N) is 1. The van der Waals surface area contributed by atoms with E-state index in [2.05, 4.69) is 41.2 Å². The molecule has 1 spiro atoms. The number of benzene rings is 1. The molecule has 0 unspecified atom stereocenters. The van der Waals surface area contributed by atoms with E-state index in [0.717, 1.165) is 29.7 Å². The van der Waals surface area contributed by atoms with Gasteiger partial charge in [-0.2, -0.15) is 0 Å². The number of aliphatic carboxylic acids is 1. The topological polar surface area (TPSA) is 82.5 Å². The Morgan fingerprint density at radius 3 is 2.69 bits per heavy atom. The Balaban J connectivity index is 1.63. The van der Waals surface area contributed by atoms with Crippen molar-refractivity contribution in [3.63, 3.8) is 0 Å². The van der Waals surface area contributed by atoms with E-state index in [4.69, 9.17) is 0 Å². The van der Waals surface area contributed by atoms with Crippen molar-refractivity contribution in [2.75, 3.05) is 18.0 Å². The van der Waals surface area contributed by atoms with Gasteiger partial charge in [-0.25, -0.2) is 0 Å². The highest BCUT2D eigenvalue weighted by atomic mass is 16.4. The average molecular weight is 353 g/mol. The molecule has 2 N–H and O–H groups in total. The first-order chi connectivity index (χ1) is 12.4. The molecular formula is C20H23N3O3. The summed E-state index contributed by atoms with van der Waals surface area (Å²) in [7, 11) is 0. The number of nitrogens with zero attached hydrogens (tertiary/aromatic N) is 2. The summed E-state index contributed by atoms with van der Waals surface area (Å²) in [4.78, 5) is 30.3. The molecular weight excluding hydrogens is 330 g/mol. The van der Waals surface area contributed by atoms with Crippen LogP contribution in [0.4, 0.5) is 5.69 Å². The standard InChI is InChI=1S/C20H23N3O3/c1-12-3-4-14-16(5-8-21-18(14)13(12)2)23-9-6-20(7-10-23)15(19(25)26)11-17(24)22-20/h3-5,8,15H,6-7,9-11H2,1-2H3,(H,22,24)(H,25,26)/t15-/m1/s1. The fourth-order valence-electron chi connectivity index (χ4n) is 4.46. The van der Waals surface area contributed by atoms with Gasteiger partial charge in [0.05, 0.1) is 17.0 Å². The summed E-state index contributed by atoms with van der Waals surface area (Å²) in [6.45, 7) is 5.61. The lowest BCUT2D eigenvalue weighted by atomic mass is 9.77. The highest BCUT2D eigenvalue weighted by molar-refractivity contribution is 5.94. The molecule has 2 saturated heterocycles. The molecule has 2 aliphatic rings. The molecule has 1 amide bonds. The molecule has 2 aliphatic heterocycles. The minimum atomic E-state index is -0.878. The summed E-state index contributed by atoms with van der Waals surface area (Å²) < 4.78 is 0. The van der Waals surface area contributed by atoms with Crippen LogP contribution in [0.15, 0.2) is 24.4 Å². The smallest absolute Gasteiger partial charge is 0.309 e. The molecule has 6 heteroatoms. The summed E-state index contributed by atoms with van der Waals surface area (Å²) in [6.07, 6.45) is 3.21. The average Bonchev–Trinajstić information content (AvgIpc) is 2.95. The Bertz CT molecular complexity index is 901. The third kappa shape index (κ3) is 2.52. The molecule has 1 atom stereocenters. The first kappa shape index (κ1) is 16.8. The molecule has 1 aromatic carbocycles. The lowest BCUT2D eigenvalue weighted by Gasteiger charge is -2.42. The number of carboxylic acid groups (broad SMARTS) is 1. The predicted octanol–water partition coefficient (Wildman–Crippen LogP) is 2.41. The number of carbonyl (C=O) groups excluding carboxylic acids is 1. The number of aryl methyl sites for hydroxylation is 2. The van der Waals surface area contributed by atoms with Crippen LogP contribution in [-0.4, -0.2) is 40.6 Å². The Morgan fingerprint density at radius 2 is 2.00 bits per heavy atom. The van der Waals surface area contributed by atoms with Gasteiger partial charge in [0.15, 0.2) is 0 Å². The van der Waals surface area contributed by atoms with Gasteiger partial charge in [-0.3, -0.25) is 14.6 Å². The van der Waals surface area contributed by atoms with Gasteiger partial charge in [0.25, 0.3) is 0 Å². The van der Waals surface area contributed by atoms with Crippen molar-refractivity contribution < 1.29 is 14.7 Å². The quantitative estimate of drug-likeness (QED) is 0.866. The normalized spacial score (nSPS) is 22.0. The number of aromatic nitrogens is 1. The Hall–Kier alpha value is -2.63. The second kappa shape index (κ2) is 5.97. The summed E-state index contributed by atoms with van der Waals surface area (Å²) in [5, 5.41) is 13.6. The van der Waals surface area contributed by atoms with E-state index in [1.807, 2.05) is 12.3 Å². The van der Waals surface area contributed by atoms with Crippen LogP contribution < -0.4 is 10.2 Å². The molecule has 2 fully saturated rings. The number of amides is 1. The van der Waals surface area contributed by atoms with Crippen LogP contribution in [0.25, 0.3) is 10.9 Å². The fourth-order valence-corrected chi connectivity index (χ4v) is 4.46. The Labute approximate surface area is 152 Å². The molecule has 2 aromatic rings. The zero-order chi connectivity index (χ0) is 18.5. The summed E-state index contributed by atoms with van der Waals surface area (Å²) in [5.41, 5.74) is 3.95. The van der Waals surface area contributed by atoms with Crippen molar-refractivity contribution in [3.8, 4) is 0 Å². The van der Waals surface area contributed by atoms with E-state index >= 15 is 0 Å². The van der Waals surface area contributed by atoms with Crippen LogP contribution >= 0.6 is 0 Å². The molecule has 3 heterocycles. The molecule has 0 radical (unpaired) electrons. The molecule has 0 bridgehead atoms. The third-order valence-electron chi connectivity index (χ3n) is 6.15. The first-order valence-electron chi connectivity index (χ1n) is 9.05. The largest absolute Gasteiger partial charge is 0.481 e. The number of carboxylic acids is 1. The van der Waals surface area contributed by atoms with Crippen LogP contribution in [0.3, 0.4) is 0 Å². The van der Waals surface area contributed by atoms with E-state index in [1.54, 1.807) is 0 Å². The number of carbonyl (C=O) groups is 2. The van der Waals surface area contributed by atoms with Gasteiger partial charge in [0.1, 0.15) is 0 Å². The van der Waals surface area contributed by atoms with E-state index in [9.17, 15) is 14.7 Å². The van der Waals surface area contributed by atoms with Crippen molar-refractivity contribution in [1.82, 2.24) is 10.3 Å². The summed E-state index contributed by atoms with van der Waals surface area (Å²) in [6, 6.07) is 6.25. The molecule has 0 saturated carbocycles. The number of hydrogen-bond donors (Lipinski definition) is 2. The van der Waals surface area contributed by atoms with Crippen LogP contribution in [0.1, 0.15) is 30.4 Å². The lowest BCUT2D eigenvalue weighted by Crippen LogP contribution is -2.55. The highest BCUT2D eigenvalue weighted by Crippen LogP contribution is 2.39. The van der Waals surface area contributed by atoms with Gasteiger partial charge >= 0.3 is 5.97 Å². The second-order valence-electron chi connectivity index (χ2n) is 7.52. The second-order valence-corrected chi connectivity index (χ2v) is 7.52. The number of piperidine rings is 1. The maximum atomic E-state index is 11.8. The van der Waals surface area contributed by atoms with E-state index in [-0.39, 0.29) is 12.3 Å². The molecule has 0 aliphatic carbocycles. The van der Waals surface area contributed by atoms with Crippen molar-refractivity contribution >= 4 is 28.5 Å². The van der Waals surface area contributed by atoms with Gasteiger partial charge in [0.2, 0.25) is 5.91 Å². The number of rotatable bonds is 2. The van der Waals surface area contributed by atoms with Crippen LogP contribution in [0.5, 0.6) is 0 Å². The van der Waals surface area contributed by atoms with Gasteiger partial charge < -0.3 is 15.3 Å². The fraction of sp³-hybridized carbons (Fsp3) is 0.450. The summed E-state index contributed by atoms with van der Waals surface area (Å²) >= 11 is 0. The van der Waals surface area contributed by atoms with Gasteiger partial charge in [-0.15, -0.1) is 0 Å². The molecule has 136 valence electrons. The maximum Gasteiger partial charge on any atom is 0.309 e. The molecule has 1 aromatic heterocycles. The maximum absolute atomic E-state index is 11.8. The Morgan fingerprint density at radius 1 is 1.27 bits per heavy atom. The number of pyridine rings is 1. The minimum Gasteiger partial charge on any atom is -0.481 e. The molecule has 26 heavy (non-hydrogen) atoms. The van der Waals surface area contributed by atoms with Crippen LogP contribution in [0, 0.1) is 19.8 Å². The zero-order valence-electron chi connectivity index (χ0n) is 15.1. The van der Waals surface area contributed by atoms with E-state index < -0.39 is 17.4 Å². The third-order valence-corrected chi connectivity index (χ3v) is 6.15. The van der Waals surface area contributed by atoms with Crippen LogP contribution in [-0.2, 0) is 9.59 Å². The zero-order valence-corrected chi connectivity index (χ0v) is 15.1. The van der Waals surface area contributed by atoms with Gasteiger partial charge in [0, 0.05) is 36.8 Å². The monoisotopic (exact) mass is 353 g/mol. The molecule has 4 rings (SSSR count). The lowest BCUT2D eigenvalue weighted by molar-refractivity contribution is -0.144. The summed E-state index contributed by atoms with van der Waals surface area (Å²) in [5.74, 6) is -1.65. The predicted molar refractivity (Wildman–Crippen MR) is 99.3 cm³/mol. The molecule has 6 nitrogen and oxygen atoms in total. The number of fused-ring (bicyclic) bond motifs is 1. The van der Waals surface area contributed by atoms with Gasteiger partial charge in [-0.1, -0.05) is 12.1 Å². The van der Waals surface area contributed by atoms with E-state index in [1.165, 1.54) is 11.1 Å². The van der Waals surface area contributed by atoms with Gasteiger partial charge in [-0.05, 0) is 43.9 Å². The van der Waals surface area contributed by atoms with E-state index in [0.29, 0.717) is 12.8 Å². The minimum absolute atomic E-state index is 0.0893. The van der Waals surface area contributed by atoms with Crippen molar-refractivity contribution in [3.05, 3.63) is 35.5 Å². The Kier molecular flexibility index (Phi) is 3.86. The van der Waals surface area contributed by atoms with Crippen molar-refractivity contribution in [2.24, 2.45) is 5.92 Å². The number of anilines is 1. The first-order valence-corrected chi connectivity index (χ1v) is 9.05. The number of hydrogen-bond acceptors (Lipinski definition) is 4. The van der Waals surface area contributed by atoms with Crippen LogP contribution in [0.2, 0.25) is 0 Å².